The summed E-state index contributed by atoms with van der Waals surface area (Å²) in [4.78, 5) is 10.4. The Labute approximate surface area is 90.6 Å². The van der Waals surface area contributed by atoms with Crippen LogP contribution in [0.3, 0.4) is 0 Å². The standard InChI is InChI=1S/C13H16O2/c1-2-3-4-5-10-15-13-8-6-12(11-14)7-9-13/h5-11H,2-4H2,1H3. The number of carbonyl (C=O) groups is 1. The fraction of sp³-hybridized carbons (Fsp3) is 0.308. The van der Waals surface area contributed by atoms with Gasteiger partial charge in [0.2, 0.25) is 0 Å². The summed E-state index contributed by atoms with van der Waals surface area (Å²) in [5.41, 5.74) is 0.664. The number of unbranched alkanes of at least 4 members (excludes halogenated alkanes) is 2. The Hall–Kier alpha value is -1.57. The van der Waals surface area contributed by atoms with E-state index in [1.807, 2.05) is 6.08 Å². The second kappa shape index (κ2) is 6.82. The molecule has 0 spiro atoms. The van der Waals surface area contributed by atoms with Crippen LogP contribution in [-0.4, -0.2) is 6.29 Å². The predicted molar refractivity (Wildman–Crippen MR) is 61.1 cm³/mol. The normalized spacial score (nSPS) is 10.5. The lowest BCUT2D eigenvalue weighted by Crippen LogP contribution is -1.83. The first-order chi connectivity index (χ1) is 7.36. The first-order valence-electron chi connectivity index (χ1n) is 5.23. The van der Waals surface area contributed by atoms with Gasteiger partial charge in [0, 0.05) is 5.56 Å². The Morgan fingerprint density at radius 2 is 2.00 bits per heavy atom. The first kappa shape index (κ1) is 11.5. The molecule has 2 nitrogen and oxygen atoms in total. The van der Waals surface area contributed by atoms with Gasteiger partial charge < -0.3 is 4.74 Å². The van der Waals surface area contributed by atoms with Gasteiger partial charge in [0.1, 0.15) is 12.0 Å². The number of aldehydes is 1. The molecule has 0 saturated carbocycles. The van der Waals surface area contributed by atoms with Gasteiger partial charge >= 0.3 is 0 Å². The molecule has 0 heterocycles. The lowest BCUT2D eigenvalue weighted by Gasteiger charge is -1.99. The highest BCUT2D eigenvalue weighted by Crippen LogP contribution is 2.11. The van der Waals surface area contributed by atoms with E-state index in [-0.39, 0.29) is 0 Å². The van der Waals surface area contributed by atoms with Gasteiger partial charge in [-0.3, -0.25) is 4.79 Å². The minimum Gasteiger partial charge on any atom is -0.465 e. The summed E-state index contributed by atoms with van der Waals surface area (Å²) in [7, 11) is 0. The Kier molecular flexibility index (Phi) is 5.23. The third-order valence-electron chi connectivity index (χ3n) is 2.04. The molecule has 1 aromatic rings. The summed E-state index contributed by atoms with van der Waals surface area (Å²) >= 11 is 0. The Morgan fingerprint density at radius 3 is 2.60 bits per heavy atom. The first-order valence-corrected chi connectivity index (χ1v) is 5.23. The quantitative estimate of drug-likeness (QED) is 0.402. The number of rotatable bonds is 6. The molecular formula is C13H16O2. The van der Waals surface area contributed by atoms with Crippen LogP contribution in [-0.2, 0) is 0 Å². The van der Waals surface area contributed by atoms with E-state index in [0.717, 1.165) is 18.5 Å². The summed E-state index contributed by atoms with van der Waals surface area (Å²) in [6, 6.07) is 7.05. The molecule has 0 N–H and O–H groups in total. The third kappa shape index (κ3) is 4.45. The van der Waals surface area contributed by atoms with E-state index in [4.69, 9.17) is 4.74 Å². The molecule has 0 radical (unpaired) electrons. The van der Waals surface area contributed by atoms with E-state index in [1.165, 1.54) is 12.8 Å². The summed E-state index contributed by atoms with van der Waals surface area (Å²) in [6.07, 6.45) is 7.95. The largest absolute Gasteiger partial charge is 0.465 e. The number of carbonyl (C=O) groups excluding carboxylic acids is 1. The molecule has 2 heteroatoms. The highest BCUT2D eigenvalue weighted by atomic mass is 16.5. The van der Waals surface area contributed by atoms with Gasteiger partial charge in [0.15, 0.2) is 0 Å². The topological polar surface area (TPSA) is 26.3 Å². The van der Waals surface area contributed by atoms with E-state index >= 15 is 0 Å². The van der Waals surface area contributed by atoms with Crippen LogP contribution in [0.2, 0.25) is 0 Å². The lowest BCUT2D eigenvalue weighted by atomic mass is 10.2. The van der Waals surface area contributed by atoms with Gasteiger partial charge in [0.25, 0.3) is 0 Å². The molecule has 0 amide bonds. The van der Waals surface area contributed by atoms with Crippen LogP contribution in [0.4, 0.5) is 0 Å². The van der Waals surface area contributed by atoms with Crippen molar-refractivity contribution >= 4 is 6.29 Å². The van der Waals surface area contributed by atoms with Crippen LogP contribution in [0, 0.1) is 0 Å². The van der Waals surface area contributed by atoms with Gasteiger partial charge in [0.05, 0.1) is 6.26 Å². The maximum atomic E-state index is 10.4. The molecule has 0 aliphatic heterocycles. The minimum absolute atomic E-state index is 0.664. The molecule has 0 unspecified atom stereocenters. The van der Waals surface area contributed by atoms with E-state index < -0.39 is 0 Å². The van der Waals surface area contributed by atoms with Crippen molar-refractivity contribution in [2.75, 3.05) is 0 Å². The van der Waals surface area contributed by atoms with Crippen molar-refractivity contribution in [2.45, 2.75) is 26.2 Å². The van der Waals surface area contributed by atoms with Crippen LogP contribution >= 0.6 is 0 Å². The SMILES string of the molecule is CCCCC=COc1ccc(C=O)cc1. The lowest BCUT2D eigenvalue weighted by molar-refractivity contribution is 0.112. The zero-order valence-corrected chi connectivity index (χ0v) is 8.98. The van der Waals surface area contributed by atoms with Crippen molar-refractivity contribution in [3.63, 3.8) is 0 Å². The highest BCUT2D eigenvalue weighted by Gasteiger charge is 1.91. The Morgan fingerprint density at radius 1 is 1.27 bits per heavy atom. The van der Waals surface area contributed by atoms with E-state index in [2.05, 4.69) is 6.92 Å². The van der Waals surface area contributed by atoms with Crippen LogP contribution < -0.4 is 4.74 Å². The van der Waals surface area contributed by atoms with E-state index in [0.29, 0.717) is 5.56 Å². The summed E-state index contributed by atoms with van der Waals surface area (Å²) < 4.78 is 5.36. The summed E-state index contributed by atoms with van der Waals surface area (Å²) in [5, 5.41) is 0. The van der Waals surface area contributed by atoms with Crippen molar-refractivity contribution in [3.8, 4) is 5.75 Å². The third-order valence-corrected chi connectivity index (χ3v) is 2.04. The average molecular weight is 204 g/mol. The van der Waals surface area contributed by atoms with E-state index in [1.54, 1.807) is 30.5 Å². The van der Waals surface area contributed by atoms with Crippen molar-refractivity contribution < 1.29 is 9.53 Å². The zero-order valence-electron chi connectivity index (χ0n) is 8.98. The molecule has 1 rings (SSSR count). The average Bonchev–Trinajstić information content (AvgIpc) is 2.30. The maximum Gasteiger partial charge on any atom is 0.150 e. The molecule has 0 aromatic heterocycles. The van der Waals surface area contributed by atoms with E-state index in [9.17, 15) is 4.79 Å². The molecule has 0 aliphatic rings. The van der Waals surface area contributed by atoms with Gasteiger partial charge in [-0.05, 0) is 43.2 Å². The molecule has 0 bridgehead atoms. The summed E-state index contributed by atoms with van der Waals surface area (Å²) in [5.74, 6) is 0.758. The number of hydrogen-bond donors (Lipinski definition) is 0. The number of allylic oxidation sites excluding steroid dienone is 1. The molecule has 0 aliphatic carbocycles. The number of ether oxygens (including phenoxy) is 1. The number of hydrogen-bond acceptors (Lipinski definition) is 2. The smallest absolute Gasteiger partial charge is 0.150 e. The Balaban J connectivity index is 2.37. The second-order valence-corrected chi connectivity index (χ2v) is 3.32. The van der Waals surface area contributed by atoms with Crippen LogP contribution in [0.1, 0.15) is 36.5 Å². The van der Waals surface area contributed by atoms with Gasteiger partial charge in [-0.2, -0.15) is 0 Å². The fourth-order valence-corrected chi connectivity index (χ4v) is 1.14. The molecule has 15 heavy (non-hydrogen) atoms. The Bertz CT molecular complexity index is 312. The predicted octanol–water partition coefficient (Wildman–Crippen LogP) is 3.58. The molecular weight excluding hydrogens is 188 g/mol. The molecule has 0 saturated heterocycles. The van der Waals surface area contributed by atoms with Crippen molar-refractivity contribution in [1.29, 1.82) is 0 Å². The zero-order chi connectivity index (χ0) is 10.9. The summed E-state index contributed by atoms with van der Waals surface area (Å²) in [6.45, 7) is 2.16. The van der Waals surface area contributed by atoms with Crippen LogP contribution in [0.5, 0.6) is 5.75 Å². The fourth-order valence-electron chi connectivity index (χ4n) is 1.14. The van der Waals surface area contributed by atoms with Crippen molar-refractivity contribution in [3.05, 3.63) is 42.2 Å². The van der Waals surface area contributed by atoms with Crippen molar-refractivity contribution in [1.82, 2.24) is 0 Å². The molecule has 0 atom stereocenters. The molecule has 80 valence electrons. The monoisotopic (exact) mass is 204 g/mol. The molecule has 0 fully saturated rings. The highest BCUT2D eigenvalue weighted by molar-refractivity contribution is 5.74. The van der Waals surface area contributed by atoms with Gasteiger partial charge in [-0.1, -0.05) is 13.3 Å². The van der Waals surface area contributed by atoms with Crippen LogP contribution in [0.15, 0.2) is 36.6 Å². The molecule has 1 aromatic carbocycles. The minimum atomic E-state index is 0.664. The van der Waals surface area contributed by atoms with Gasteiger partial charge in [-0.25, -0.2) is 0 Å². The van der Waals surface area contributed by atoms with Gasteiger partial charge in [-0.15, -0.1) is 0 Å². The van der Waals surface area contributed by atoms with Crippen LogP contribution in [0.25, 0.3) is 0 Å². The second-order valence-electron chi connectivity index (χ2n) is 3.32. The van der Waals surface area contributed by atoms with Crippen molar-refractivity contribution in [2.24, 2.45) is 0 Å². The number of benzene rings is 1. The maximum absolute atomic E-state index is 10.4.